The molecule has 0 spiro atoms. The van der Waals surface area contributed by atoms with Gasteiger partial charge in [-0.05, 0) is 32.4 Å². The van der Waals surface area contributed by atoms with E-state index < -0.39 is 0 Å². The van der Waals surface area contributed by atoms with Crippen LogP contribution in [0.1, 0.15) is 37.8 Å². The molecule has 2 aromatic heterocycles. The molecule has 0 radical (unpaired) electrons. The maximum Gasteiger partial charge on any atom is 0.261 e. The van der Waals surface area contributed by atoms with Crippen molar-refractivity contribution in [2.24, 2.45) is 0 Å². The highest BCUT2D eigenvalue weighted by molar-refractivity contribution is 7.16. The molecular weight excluding hydrogens is 288 g/mol. The third kappa shape index (κ3) is 2.33. The topological polar surface area (TPSA) is 91.0 Å². The zero-order valence-electron chi connectivity index (χ0n) is 11.7. The van der Waals surface area contributed by atoms with Crippen molar-refractivity contribution in [3.63, 3.8) is 0 Å². The first-order valence-electron chi connectivity index (χ1n) is 6.61. The van der Waals surface area contributed by atoms with Gasteiger partial charge in [0.2, 0.25) is 0 Å². The lowest BCUT2D eigenvalue weighted by molar-refractivity contribution is 0.102. The Bertz CT molecular complexity index is 734. The second-order valence-corrected chi connectivity index (χ2v) is 6.00. The van der Waals surface area contributed by atoms with Gasteiger partial charge in [0.05, 0.1) is 11.3 Å². The van der Waals surface area contributed by atoms with E-state index in [1.54, 1.807) is 13.8 Å². The predicted molar refractivity (Wildman–Crippen MR) is 78.4 cm³/mol. The van der Waals surface area contributed by atoms with E-state index in [1.165, 1.54) is 11.3 Å². The maximum absolute atomic E-state index is 12.4. The fourth-order valence-electron chi connectivity index (χ4n) is 2.51. The molecule has 0 aliphatic carbocycles. The van der Waals surface area contributed by atoms with Crippen molar-refractivity contribution in [1.82, 2.24) is 10.5 Å². The van der Waals surface area contributed by atoms with Crippen LogP contribution in [0.3, 0.4) is 0 Å². The van der Waals surface area contributed by atoms with Crippen LogP contribution in [0, 0.1) is 25.2 Å². The number of nitrogens with zero attached hydrogens (tertiary/aromatic N) is 2. The second-order valence-electron chi connectivity index (χ2n) is 4.90. The van der Waals surface area contributed by atoms with E-state index in [4.69, 9.17) is 4.52 Å². The van der Waals surface area contributed by atoms with Crippen LogP contribution in [0.2, 0.25) is 0 Å². The smallest absolute Gasteiger partial charge is 0.261 e. The fourth-order valence-corrected chi connectivity index (χ4v) is 3.68. The number of nitriles is 1. The highest BCUT2D eigenvalue weighted by Gasteiger charge is 2.24. The van der Waals surface area contributed by atoms with Gasteiger partial charge in [-0.2, -0.15) is 5.26 Å². The Kier molecular flexibility index (Phi) is 3.49. The van der Waals surface area contributed by atoms with E-state index in [0.29, 0.717) is 27.6 Å². The van der Waals surface area contributed by atoms with Crippen LogP contribution in [0.5, 0.6) is 0 Å². The maximum atomic E-state index is 12.4. The number of amides is 1. The number of fused-ring (bicyclic) bond motifs is 1. The van der Waals surface area contributed by atoms with Gasteiger partial charge in [0, 0.05) is 11.4 Å². The summed E-state index contributed by atoms with van der Waals surface area (Å²) < 4.78 is 5.01. The van der Waals surface area contributed by atoms with Gasteiger partial charge in [0.25, 0.3) is 5.91 Å². The normalized spacial score (nSPS) is 13.6. The van der Waals surface area contributed by atoms with Gasteiger partial charge in [-0.3, -0.25) is 4.79 Å². The molecule has 3 heterocycles. The standard InChI is InChI=1S/C14H14N4O2S/c1-7-12(8(2)20-18-7)13(19)17-14-10(5-15)9-3-4-16-6-11(9)21-14/h16H,3-4,6H2,1-2H3,(H,17,19). The monoisotopic (exact) mass is 302 g/mol. The molecule has 0 saturated carbocycles. The van der Waals surface area contributed by atoms with Gasteiger partial charge in [0.1, 0.15) is 22.4 Å². The Balaban J connectivity index is 1.94. The summed E-state index contributed by atoms with van der Waals surface area (Å²) in [5.41, 5.74) is 2.61. The van der Waals surface area contributed by atoms with Gasteiger partial charge in [0.15, 0.2) is 0 Å². The average Bonchev–Trinajstić information content (AvgIpc) is 2.98. The van der Waals surface area contributed by atoms with Crippen LogP contribution in [0.25, 0.3) is 0 Å². The molecular formula is C14H14N4O2S. The SMILES string of the molecule is Cc1noc(C)c1C(=O)Nc1sc2c(c1C#N)CCNC2. The minimum atomic E-state index is -0.283. The molecule has 1 aliphatic heterocycles. The molecule has 0 unspecified atom stereocenters. The molecule has 1 aliphatic rings. The molecule has 0 atom stereocenters. The van der Waals surface area contributed by atoms with Crippen LogP contribution in [-0.2, 0) is 13.0 Å². The first kappa shape index (κ1) is 13.8. The van der Waals surface area contributed by atoms with Crippen molar-refractivity contribution in [3.8, 4) is 6.07 Å². The summed E-state index contributed by atoms with van der Waals surface area (Å²) in [6.45, 7) is 5.02. The number of carbonyl (C=O) groups is 1. The summed E-state index contributed by atoms with van der Waals surface area (Å²) in [4.78, 5) is 13.5. The number of aryl methyl sites for hydroxylation is 2. The molecule has 0 bridgehead atoms. The number of rotatable bonds is 2. The number of hydrogen-bond acceptors (Lipinski definition) is 6. The summed E-state index contributed by atoms with van der Waals surface area (Å²) >= 11 is 1.46. The van der Waals surface area contributed by atoms with Crippen molar-refractivity contribution in [1.29, 1.82) is 5.26 Å². The number of anilines is 1. The van der Waals surface area contributed by atoms with E-state index in [0.717, 1.165) is 30.0 Å². The zero-order chi connectivity index (χ0) is 15.0. The van der Waals surface area contributed by atoms with E-state index in [-0.39, 0.29) is 5.91 Å². The highest BCUT2D eigenvalue weighted by atomic mass is 32.1. The van der Waals surface area contributed by atoms with Gasteiger partial charge in [-0.25, -0.2) is 0 Å². The van der Waals surface area contributed by atoms with Gasteiger partial charge in [-0.15, -0.1) is 11.3 Å². The molecule has 2 aromatic rings. The molecule has 0 aromatic carbocycles. The van der Waals surface area contributed by atoms with E-state index >= 15 is 0 Å². The van der Waals surface area contributed by atoms with Gasteiger partial charge >= 0.3 is 0 Å². The largest absolute Gasteiger partial charge is 0.361 e. The van der Waals surface area contributed by atoms with Crippen LogP contribution in [0.4, 0.5) is 5.00 Å². The first-order valence-corrected chi connectivity index (χ1v) is 7.43. The fraction of sp³-hybridized carbons (Fsp3) is 0.357. The molecule has 0 saturated heterocycles. The molecule has 2 N–H and O–H groups in total. The molecule has 0 fully saturated rings. The Morgan fingerprint density at radius 2 is 2.33 bits per heavy atom. The lowest BCUT2D eigenvalue weighted by Crippen LogP contribution is -2.22. The highest BCUT2D eigenvalue weighted by Crippen LogP contribution is 2.35. The first-order chi connectivity index (χ1) is 10.1. The van der Waals surface area contributed by atoms with Gasteiger partial charge < -0.3 is 15.2 Å². The van der Waals surface area contributed by atoms with Crippen LogP contribution < -0.4 is 10.6 Å². The summed E-state index contributed by atoms with van der Waals surface area (Å²) in [5, 5.41) is 19.9. The Morgan fingerprint density at radius 1 is 1.52 bits per heavy atom. The number of nitrogens with one attached hydrogen (secondary N) is 2. The average molecular weight is 302 g/mol. The number of thiophene rings is 1. The summed E-state index contributed by atoms with van der Waals surface area (Å²) in [6, 6.07) is 2.21. The number of hydrogen-bond donors (Lipinski definition) is 2. The number of carbonyl (C=O) groups excluding carboxylic acids is 1. The Hall–Kier alpha value is -2.17. The van der Waals surface area contributed by atoms with Crippen molar-refractivity contribution < 1.29 is 9.32 Å². The summed E-state index contributed by atoms with van der Waals surface area (Å²) in [5.74, 6) is 0.195. The van der Waals surface area contributed by atoms with Crippen LogP contribution >= 0.6 is 11.3 Å². The van der Waals surface area contributed by atoms with Crippen molar-refractivity contribution in [2.45, 2.75) is 26.8 Å². The van der Waals surface area contributed by atoms with E-state index in [1.807, 2.05) is 0 Å². The molecule has 7 heteroatoms. The van der Waals surface area contributed by atoms with E-state index in [9.17, 15) is 10.1 Å². The van der Waals surface area contributed by atoms with Crippen molar-refractivity contribution >= 4 is 22.2 Å². The summed E-state index contributed by atoms with van der Waals surface area (Å²) in [6.07, 6.45) is 0.815. The van der Waals surface area contributed by atoms with Crippen molar-refractivity contribution in [2.75, 3.05) is 11.9 Å². The van der Waals surface area contributed by atoms with Crippen LogP contribution in [-0.4, -0.2) is 17.6 Å². The molecule has 3 rings (SSSR count). The molecule has 108 valence electrons. The van der Waals surface area contributed by atoms with E-state index in [2.05, 4.69) is 21.9 Å². The van der Waals surface area contributed by atoms with Crippen molar-refractivity contribution in [3.05, 3.63) is 33.0 Å². The summed E-state index contributed by atoms with van der Waals surface area (Å²) in [7, 11) is 0. The molecule has 21 heavy (non-hydrogen) atoms. The zero-order valence-corrected chi connectivity index (χ0v) is 12.6. The minimum Gasteiger partial charge on any atom is -0.361 e. The Morgan fingerprint density at radius 3 is 3.00 bits per heavy atom. The lowest BCUT2D eigenvalue weighted by Gasteiger charge is -2.11. The Labute approximate surface area is 125 Å². The molecule has 1 amide bonds. The third-order valence-electron chi connectivity index (χ3n) is 3.53. The lowest BCUT2D eigenvalue weighted by atomic mass is 10.0. The third-order valence-corrected chi connectivity index (χ3v) is 4.67. The minimum absolute atomic E-state index is 0.283. The second kappa shape index (κ2) is 5.31. The molecule has 6 nitrogen and oxygen atoms in total. The quantitative estimate of drug-likeness (QED) is 0.886. The number of aromatic nitrogens is 1. The van der Waals surface area contributed by atoms with Gasteiger partial charge in [-0.1, -0.05) is 5.16 Å². The predicted octanol–water partition coefficient (Wildman–Crippen LogP) is 2.12. The van der Waals surface area contributed by atoms with Crippen LogP contribution in [0.15, 0.2) is 4.52 Å².